The van der Waals surface area contributed by atoms with Gasteiger partial charge in [0.25, 0.3) is 0 Å². The van der Waals surface area contributed by atoms with Gasteiger partial charge in [-0.1, -0.05) is 11.6 Å². The van der Waals surface area contributed by atoms with Crippen molar-refractivity contribution in [3.05, 3.63) is 35.9 Å². The molecule has 3 aromatic rings. The Morgan fingerprint density at radius 3 is 3.06 bits per heavy atom. The van der Waals surface area contributed by atoms with Crippen molar-refractivity contribution in [3.8, 4) is 11.5 Å². The normalized spacial score (nSPS) is 11.2. The third-order valence-electron chi connectivity index (χ3n) is 2.67. The summed E-state index contributed by atoms with van der Waals surface area (Å²) in [5, 5.41) is 8.86. The third-order valence-corrected chi connectivity index (χ3v) is 2.96. The van der Waals surface area contributed by atoms with Crippen LogP contribution in [0.3, 0.4) is 0 Å². The number of aromatic nitrogens is 5. The highest BCUT2D eigenvalue weighted by Crippen LogP contribution is 2.21. The van der Waals surface area contributed by atoms with Gasteiger partial charge in [0.15, 0.2) is 11.5 Å². The fourth-order valence-corrected chi connectivity index (χ4v) is 2.02. The Labute approximate surface area is 103 Å². The van der Waals surface area contributed by atoms with E-state index in [4.69, 9.17) is 11.6 Å². The molecule has 0 N–H and O–H groups in total. The Hall–Kier alpha value is -1.88. The first kappa shape index (κ1) is 10.3. The number of fused-ring (bicyclic) bond motifs is 1. The van der Waals surface area contributed by atoms with Gasteiger partial charge in [0.1, 0.15) is 5.69 Å². The summed E-state index contributed by atoms with van der Waals surface area (Å²) < 4.78 is 3.88. The molecule has 0 aliphatic carbocycles. The maximum absolute atomic E-state index is 6.06. The predicted octanol–water partition coefficient (Wildman–Crippen LogP) is 2.27. The van der Waals surface area contributed by atoms with Crippen LogP contribution in [0.25, 0.3) is 17.2 Å². The molecule has 3 rings (SSSR count). The first-order chi connectivity index (χ1) is 8.31. The average molecular weight is 248 g/mol. The molecular formula is C11H10ClN5. The zero-order valence-corrected chi connectivity index (χ0v) is 9.96. The van der Waals surface area contributed by atoms with Gasteiger partial charge in [0.2, 0.25) is 0 Å². The first-order valence-electron chi connectivity index (χ1n) is 5.31. The summed E-state index contributed by atoms with van der Waals surface area (Å²) in [6.45, 7) is 2.90. The maximum atomic E-state index is 6.06. The van der Waals surface area contributed by atoms with Gasteiger partial charge in [-0.05, 0) is 19.1 Å². The maximum Gasteiger partial charge on any atom is 0.186 e. The molecule has 0 radical (unpaired) electrons. The van der Waals surface area contributed by atoms with Crippen LogP contribution in [0.15, 0.2) is 30.9 Å². The van der Waals surface area contributed by atoms with Crippen LogP contribution < -0.4 is 0 Å². The van der Waals surface area contributed by atoms with Crippen molar-refractivity contribution < 1.29 is 0 Å². The number of rotatable bonds is 2. The Kier molecular flexibility index (Phi) is 2.33. The van der Waals surface area contributed by atoms with Crippen LogP contribution in [0.1, 0.15) is 6.92 Å². The molecular weight excluding hydrogens is 238 g/mol. The predicted molar refractivity (Wildman–Crippen MR) is 64.9 cm³/mol. The Bertz CT molecular complexity index is 669. The van der Waals surface area contributed by atoms with Crippen LogP contribution in [0, 0.1) is 0 Å². The lowest BCUT2D eigenvalue weighted by Crippen LogP contribution is -1.98. The highest BCUT2D eigenvalue weighted by atomic mass is 35.5. The van der Waals surface area contributed by atoms with Crippen molar-refractivity contribution in [2.24, 2.45) is 0 Å². The first-order valence-corrected chi connectivity index (χ1v) is 5.69. The minimum absolute atomic E-state index is 0.591. The lowest BCUT2D eigenvalue weighted by atomic mass is 10.4. The topological polar surface area (TPSA) is 48.0 Å². The molecule has 0 amide bonds. The van der Waals surface area contributed by atoms with E-state index in [1.54, 1.807) is 18.6 Å². The van der Waals surface area contributed by atoms with Gasteiger partial charge in [-0.15, -0.1) is 10.2 Å². The molecule has 0 saturated carbocycles. The van der Waals surface area contributed by atoms with Crippen molar-refractivity contribution in [1.82, 2.24) is 24.1 Å². The van der Waals surface area contributed by atoms with E-state index in [2.05, 4.69) is 22.1 Å². The lowest BCUT2D eigenvalue weighted by molar-refractivity contribution is 0.762. The van der Waals surface area contributed by atoms with Gasteiger partial charge in [-0.2, -0.15) is 0 Å². The zero-order valence-electron chi connectivity index (χ0n) is 9.21. The molecule has 0 aromatic carbocycles. The van der Waals surface area contributed by atoms with Gasteiger partial charge in [-0.25, -0.2) is 4.98 Å². The summed E-state index contributed by atoms with van der Waals surface area (Å²) in [5.41, 5.74) is 1.59. The minimum Gasteiger partial charge on any atom is -0.328 e. The molecule has 0 bridgehead atoms. The van der Waals surface area contributed by atoms with Crippen LogP contribution in [0.5, 0.6) is 0 Å². The number of aryl methyl sites for hydroxylation is 1. The number of imidazole rings is 1. The summed E-state index contributed by atoms with van der Waals surface area (Å²) in [5.74, 6) is 0.752. The van der Waals surface area contributed by atoms with Gasteiger partial charge >= 0.3 is 0 Å². The van der Waals surface area contributed by atoms with Crippen molar-refractivity contribution in [2.45, 2.75) is 13.5 Å². The van der Waals surface area contributed by atoms with E-state index in [0.717, 1.165) is 18.1 Å². The number of pyridine rings is 1. The Morgan fingerprint density at radius 1 is 1.35 bits per heavy atom. The van der Waals surface area contributed by atoms with E-state index in [0.29, 0.717) is 10.7 Å². The fraction of sp³-hybridized carbons (Fsp3) is 0.182. The molecule has 86 valence electrons. The monoisotopic (exact) mass is 247 g/mol. The molecule has 3 aromatic heterocycles. The summed E-state index contributed by atoms with van der Waals surface area (Å²) in [6.07, 6.45) is 5.45. The van der Waals surface area contributed by atoms with Gasteiger partial charge in [-0.3, -0.25) is 4.40 Å². The quantitative estimate of drug-likeness (QED) is 0.698. The third kappa shape index (κ3) is 1.51. The molecule has 0 saturated heterocycles. The largest absolute Gasteiger partial charge is 0.328 e. The van der Waals surface area contributed by atoms with Crippen molar-refractivity contribution in [1.29, 1.82) is 0 Å². The van der Waals surface area contributed by atoms with Crippen LogP contribution in [0.2, 0.25) is 5.02 Å². The van der Waals surface area contributed by atoms with E-state index in [-0.39, 0.29) is 0 Å². The van der Waals surface area contributed by atoms with Crippen molar-refractivity contribution in [3.63, 3.8) is 0 Å². The highest BCUT2D eigenvalue weighted by Gasteiger charge is 2.13. The molecule has 0 fully saturated rings. The fourth-order valence-electron chi connectivity index (χ4n) is 1.82. The van der Waals surface area contributed by atoms with Gasteiger partial charge < -0.3 is 4.57 Å². The smallest absolute Gasteiger partial charge is 0.186 e. The van der Waals surface area contributed by atoms with Gasteiger partial charge in [0, 0.05) is 12.7 Å². The Morgan fingerprint density at radius 2 is 2.24 bits per heavy atom. The summed E-state index contributed by atoms with van der Waals surface area (Å²) in [7, 11) is 0. The second-order valence-electron chi connectivity index (χ2n) is 3.64. The van der Waals surface area contributed by atoms with Crippen molar-refractivity contribution in [2.75, 3.05) is 0 Å². The molecule has 6 heteroatoms. The number of hydrogen-bond acceptors (Lipinski definition) is 3. The number of halogens is 1. The Balaban J connectivity index is 2.28. The molecule has 17 heavy (non-hydrogen) atoms. The minimum atomic E-state index is 0.591. The SMILES string of the molecule is CCn1cncc1-c1nnc2c(Cl)cccn12. The van der Waals surface area contributed by atoms with Gasteiger partial charge in [0.05, 0.1) is 17.5 Å². The van der Waals surface area contributed by atoms with Crippen LogP contribution >= 0.6 is 11.6 Å². The zero-order chi connectivity index (χ0) is 11.8. The average Bonchev–Trinajstić information content (AvgIpc) is 2.94. The molecule has 0 aliphatic heterocycles. The van der Waals surface area contributed by atoms with Crippen LogP contribution in [-0.4, -0.2) is 24.1 Å². The second-order valence-corrected chi connectivity index (χ2v) is 4.05. The van der Waals surface area contributed by atoms with E-state index < -0.39 is 0 Å². The highest BCUT2D eigenvalue weighted by molar-refractivity contribution is 6.33. The number of nitrogens with zero attached hydrogens (tertiary/aromatic N) is 5. The van der Waals surface area contributed by atoms with Crippen molar-refractivity contribution >= 4 is 17.2 Å². The number of hydrogen-bond donors (Lipinski definition) is 0. The lowest BCUT2D eigenvalue weighted by Gasteiger charge is -2.03. The summed E-state index contributed by atoms with van der Waals surface area (Å²) in [6, 6.07) is 3.67. The molecule has 0 unspecified atom stereocenters. The standard InChI is InChI=1S/C11H10ClN5/c1-2-16-7-13-6-9(16)11-15-14-10-8(12)4-3-5-17(10)11/h3-7H,2H2,1H3. The van der Waals surface area contributed by atoms with Crippen LogP contribution in [-0.2, 0) is 6.54 Å². The molecule has 0 atom stereocenters. The molecule has 0 aliphatic rings. The van der Waals surface area contributed by atoms with E-state index in [1.807, 2.05) is 21.2 Å². The molecule has 5 nitrogen and oxygen atoms in total. The second kappa shape index (κ2) is 3.85. The molecule has 0 spiro atoms. The molecule has 3 heterocycles. The summed E-state index contributed by atoms with van der Waals surface area (Å²) >= 11 is 6.06. The summed E-state index contributed by atoms with van der Waals surface area (Å²) in [4.78, 5) is 4.13. The van der Waals surface area contributed by atoms with E-state index in [1.165, 1.54) is 0 Å². The van der Waals surface area contributed by atoms with E-state index >= 15 is 0 Å². The van der Waals surface area contributed by atoms with E-state index in [9.17, 15) is 0 Å². The van der Waals surface area contributed by atoms with Crippen LogP contribution in [0.4, 0.5) is 0 Å².